The Morgan fingerprint density at radius 1 is 0.581 bits per heavy atom. The molecule has 3 aliphatic heterocycles. The highest BCUT2D eigenvalue weighted by Gasteiger charge is 2.47. The quantitative estimate of drug-likeness (QED) is 0.0336. The van der Waals surface area contributed by atoms with Crippen molar-refractivity contribution >= 4 is 140 Å². The smallest absolute Gasteiger partial charge is 0.303 e. The number of nitrogens with one attached hydrogen (secondary N) is 11. The molecule has 6 aromatic rings. The number of nitrogens with zero attached hydrogens (tertiary/aromatic N) is 6. The van der Waals surface area contributed by atoms with Crippen molar-refractivity contribution < 1.29 is 102 Å². The summed E-state index contributed by atoms with van der Waals surface area (Å²) in [5, 5.41) is 54.8. The van der Waals surface area contributed by atoms with Gasteiger partial charge in [0.15, 0.2) is 11.6 Å². The third kappa shape index (κ3) is 29.4. The number of primary amides is 2. The zero-order chi connectivity index (χ0) is 99.3. The molecular weight excluding hydrogens is 1780 g/mol. The molecule has 6 heterocycles. The lowest BCUT2D eigenvalue weighted by Gasteiger charge is -2.36. The van der Waals surface area contributed by atoms with Crippen molar-refractivity contribution in [1.82, 2.24) is 87.0 Å². The maximum atomic E-state index is 15.9. The normalized spacial score (nSPS) is 24.8. The van der Waals surface area contributed by atoms with E-state index in [4.69, 9.17) is 17.2 Å². The Labute approximate surface area is 792 Å². The number of rotatable bonds is 27. The lowest BCUT2D eigenvalue weighted by atomic mass is 9.90. The number of likely N-dealkylation sites (N-methyl/N-ethyl adjacent to an activating group) is 3. The van der Waals surface area contributed by atoms with Gasteiger partial charge in [0, 0.05) is 149 Å². The molecule has 41 nitrogen and oxygen atoms in total. The second-order valence-corrected chi connectivity index (χ2v) is 36.6. The zero-order valence-corrected chi connectivity index (χ0v) is 78.9. The number of benzene rings is 3. The third-order valence-corrected chi connectivity index (χ3v) is 26.1. The topological polar surface area (TPSA) is 619 Å². The van der Waals surface area contributed by atoms with E-state index < -0.39 is 260 Å². The molecule has 0 unspecified atom stereocenters. The molecule has 15 atom stereocenters. The van der Waals surface area contributed by atoms with Crippen molar-refractivity contribution in [2.45, 2.75) is 249 Å². The van der Waals surface area contributed by atoms with E-state index in [9.17, 15) is 58.5 Å². The molecule has 0 aliphatic carbocycles. The van der Waals surface area contributed by atoms with E-state index >= 15 is 43.2 Å². The van der Waals surface area contributed by atoms with Gasteiger partial charge in [-0.25, -0.2) is 4.98 Å². The molecule has 9 rings (SSSR count). The molecular formula is C94H130N20O21S. The summed E-state index contributed by atoms with van der Waals surface area (Å²) in [6, 6.07) is 1.86. The summed E-state index contributed by atoms with van der Waals surface area (Å²) in [4.78, 5) is 283. The number of aromatic amines is 3. The van der Waals surface area contributed by atoms with Gasteiger partial charge in [0.2, 0.25) is 88.6 Å². The number of aliphatic carboxylic acids is 1. The molecule has 3 fully saturated rings. The number of hydrogen-bond donors (Lipinski definition) is 17. The molecule has 738 valence electrons. The molecule has 3 aromatic heterocycles. The summed E-state index contributed by atoms with van der Waals surface area (Å²) in [7, 11) is 2.79. The molecule has 0 radical (unpaired) electrons. The van der Waals surface area contributed by atoms with Crippen LogP contribution in [-0.4, -0.2) is 303 Å². The summed E-state index contributed by atoms with van der Waals surface area (Å²) in [6.07, 6.45) is 1.36. The van der Waals surface area contributed by atoms with E-state index in [1.54, 1.807) is 62.6 Å². The number of phenolic OH excluding ortho intramolecular Hbond substituents is 1. The SMILES string of the molecule is CCCC[C@H]1C(=O)N(C)[C@@H](CCCC)C(=O)N[C@@H](CC(C)C)C(=O)N[C@H](C(=O)NCC(N)=O)CSCC(=O)N[C@@H](Cc2ccc(O)cc2)C(=O)N(CC)[C@@H](C)C(=O)N[C@@H](CC(N)=O)C(=O)N2CCC[C@H]2C(=O)N[C@@H](Cc2cnc[nH]2)C(=O)C[C@@H](CCC(=O)O)C(=O)N2C[C@H](O)C[C@H]2C(=O)N[C@@H](Cc2c[nH]c3ccccc23)C(=O)C[C@@H](CCN)C(=O)N[C@@H](Cc2c[nH]c3ccccc23)C(=O)N1C. The standard InChI is InChI=1S/C94H130N20O21S/c1-9-12-23-73-87(128)106-68(35-52(4)5)86(127)109-72(85(126)101-47-80(97)120)49-136-50-81(121)103-69(36-54-26-29-60(115)30-27-54)92(133)112(11-3)53(6)83(124)107-71(43-79(96)119)93(134)113-34-18-25-74(113)88(129)105-67(41-59-46-98-51-102-59)78(118)40-56(28-31-82(122)123)90(131)114-48-61(116)42-76(114)89(130)104-66(37-57-44-99-64-21-16-14-19-62(57)64)77(117)39-55(32-33-95)84(125)108-70(38-58-45-100-65-22-17-15-20-63(58)65)91(132)111(8)75(24-13-10-2)94(135)110(73)7/h14-17,19-22,26-27,29-30,44-46,51-53,55-56,61,66-76,99-100,115-116H,9-13,18,23-25,28,31-43,47-50,95H2,1-8H3,(H2,96,119)(H2,97,120)(H,98,102)(H,101,126)(H,103,121)(H,104,130)(H,105,129)(H,106,128)(H,107,124)(H,108,125)(H,109,127)(H,122,123)/t53-,55+,56+,61+,66-,67-,68-,69-,70-,71-,72-,73-,74-,75-,76-/m0/s1. The fourth-order valence-corrected chi connectivity index (χ4v) is 18.5. The summed E-state index contributed by atoms with van der Waals surface area (Å²) >= 11 is 0.799. The molecule has 3 aliphatic rings. The van der Waals surface area contributed by atoms with Crippen LogP contribution in [-0.2, 0) is 112 Å². The number of aliphatic hydroxyl groups is 1. The van der Waals surface area contributed by atoms with Crippen LogP contribution in [0.2, 0.25) is 0 Å². The monoisotopic (exact) mass is 1910 g/mol. The number of Topliss-reactive ketones (excluding diaryl/α,β-unsaturated/α-hetero) is 2. The number of imidazole rings is 1. The maximum absolute atomic E-state index is 15.9. The molecule has 0 bridgehead atoms. The first kappa shape index (κ1) is 107. The molecule has 15 amide bonds. The largest absolute Gasteiger partial charge is 0.508 e. The Kier molecular flexibility index (Phi) is 40.0. The average molecular weight is 1910 g/mol. The first-order chi connectivity index (χ1) is 64.8. The number of aromatic hydroxyl groups is 1. The van der Waals surface area contributed by atoms with Gasteiger partial charge in [0.25, 0.3) is 0 Å². The van der Waals surface area contributed by atoms with Gasteiger partial charge in [-0.1, -0.05) is 102 Å². The Bertz CT molecular complexity index is 5240. The molecule has 136 heavy (non-hydrogen) atoms. The van der Waals surface area contributed by atoms with Crippen molar-refractivity contribution in [2.75, 3.05) is 58.3 Å². The van der Waals surface area contributed by atoms with Gasteiger partial charge < -0.3 is 115 Å². The summed E-state index contributed by atoms with van der Waals surface area (Å²) in [5.74, 6) is -20.8. The lowest BCUT2D eigenvalue weighted by Crippen LogP contribution is -2.60. The number of nitrogens with two attached hydrogens (primary N) is 3. The molecule has 3 saturated heterocycles. The predicted molar refractivity (Wildman–Crippen MR) is 501 cm³/mol. The molecule has 42 heteroatoms. The highest BCUT2D eigenvalue weighted by Crippen LogP contribution is 2.31. The van der Waals surface area contributed by atoms with E-state index in [0.717, 1.165) is 26.5 Å². The maximum Gasteiger partial charge on any atom is 0.303 e. The summed E-state index contributed by atoms with van der Waals surface area (Å²) < 4.78 is 0. The number of carbonyl (C=O) groups excluding carboxylic acids is 17. The number of fused-ring (bicyclic) bond motifs is 4. The number of thioether (sulfide) groups is 1. The number of carboxylic acid groups (broad SMARTS) is 1. The average Bonchev–Trinajstić information content (AvgIpc) is 1.60. The van der Waals surface area contributed by atoms with Gasteiger partial charge in [-0.3, -0.25) is 86.3 Å². The number of carbonyl (C=O) groups is 18. The minimum Gasteiger partial charge on any atom is -0.508 e. The highest BCUT2D eigenvalue weighted by molar-refractivity contribution is 8.00. The van der Waals surface area contributed by atoms with Gasteiger partial charge in [-0.15, -0.1) is 11.8 Å². The van der Waals surface area contributed by atoms with Crippen molar-refractivity contribution in [3.05, 3.63) is 120 Å². The van der Waals surface area contributed by atoms with Gasteiger partial charge in [0.1, 0.15) is 66.2 Å². The summed E-state index contributed by atoms with van der Waals surface area (Å²) in [5.41, 5.74) is 20.6. The number of aromatic nitrogens is 4. The Morgan fingerprint density at radius 3 is 1.74 bits per heavy atom. The number of hydrogen-bond acceptors (Lipinski definition) is 23. The third-order valence-electron chi connectivity index (χ3n) is 25.0. The van der Waals surface area contributed by atoms with Gasteiger partial charge in [-0.2, -0.15) is 0 Å². The molecule has 0 saturated carbocycles. The van der Waals surface area contributed by atoms with E-state index in [2.05, 4.69) is 62.5 Å². The van der Waals surface area contributed by atoms with Gasteiger partial charge in [-0.05, 0) is 112 Å². The number of phenols is 1. The summed E-state index contributed by atoms with van der Waals surface area (Å²) in [6.45, 7) is 8.31. The molecule has 0 spiro atoms. The Morgan fingerprint density at radius 2 is 1.15 bits per heavy atom. The van der Waals surface area contributed by atoms with Crippen molar-refractivity contribution in [2.24, 2.45) is 35.0 Å². The van der Waals surface area contributed by atoms with Crippen LogP contribution in [0, 0.1) is 17.8 Å². The van der Waals surface area contributed by atoms with Crippen LogP contribution in [0.1, 0.15) is 167 Å². The number of carboxylic acids is 1. The van der Waals surface area contributed by atoms with E-state index in [1.165, 1.54) is 74.5 Å². The molecule has 20 N–H and O–H groups in total. The van der Waals surface area contributed by atoms with Crippen LogP contribution in [0.15, 0.2) is 97.7 Å². The Hall–Kier alpha value is -13.1. The lowest BCUT2D eigenvalue weighted by molar-refractivity contribution is -0.149. The first-order valence-electron chi connectivity index (χ1n) is 46.3. The van der Waals surface area contributed by atoms with Crippen LogP contribution in [0.3, 0.4) is 0 Å². The van der Waals surface area contributed by atoms with Crippen LogP contribution >= 0.6 is 11.8 Å². The number of unbranched alkanes of at least 4 members (excludes halogenated alkanes) is 2. The van der Waals surface area contributed by atoms with E-state index in [-0.39, 0.29) is 101 Å². The van der Waals surface area contributed by atoms with Crippen molar-refractivity contribution in [3.8, 4) is 5.75 Å². The highest BCUT2D eigenvalue weighted by atomic mass is 32.2. The van der Waals surface area contributed by atoms with Crippen molar-refractivity contribution in [1.29, 1.82) is 0 Å². The first-order valence-corrected chi connectivity index (χ1v) is 47.5. The van der Waals surface area contributed by atoms with Crippen LogP contribution in [0.25, 0.3) is 21.8 Å². The number of aliphatic hydroxyl groups excluding tert-OH is 1. The predicted octanol–water partition coefficient (Wildman–Crippen LogP) is 0.600. The van der Waals surface area contributed by atoms with Crippen molar-refractivity contribution in [3.63, 3.8) is 0 Å². The van der Waals surface area contributed by atoms with E-state index in [0.29, 0.717) is 64.2 Å². The van der Waals surface area contributed by atoms with E-state index in [1.807, 2.05) is 26.0 Å². The number of amides is 15. The second kappa shape index (κ2) is 51.0. The fourth-order valence-electron chi connectivity index (χ4n) is 17.6. The van der Waals surface area contributed by atoms with Crippen LogP contribution in [0.5, 0.6) is 5.75 Å². The van der Waals surface area contributed by atoms with Crippen LogP contribution in [0.4, 0.5) is 0 Å². The fraction of sp³-hybridized carbons (Fsp3) is 0.543. The van der Waals surface area contributed by atoms with Gasteiger partial charge in [0.05, 0.1) is 43.2 Å². The number of ketones is 2. The van der Waals surface area contributed by atoms with Gasteiger partial charge >= 0.3 is 5.97 Å². The molecule has 3 aromatic carbocycles. The Balaban J connectivity index is 1.11. The minimum atomic E-state index is -1.80. The second-order valence-electron chi connectivity index (χ2n) is 35.6. The number of para-hydroxylation sites is 2. The minimum absolute atomic E-state index is 0.0364. The zero-order valence-electron chi connectivity index (χ0n) is 78.1. The van der Waals surface area contributed by atoms with Crippen LogP contribution < -0.4 is 59.7 Å². The number of H-pyrrole nitrogens is 3.